The molecule has 0 aromatic heterocycles. The van der Waals surface area contributed by atoms with Gasteiger partial charge in [-0.15, -0.1) is 0 Å². The third-order valence-corrected chi connectivity index (χ3v) is 2.95. The molecule has 0 bridgehead atoms. The first-order chi connectivity index (χ1) is 7.29. The van der Waals surface area contributed by atoms with E-state index in [1.807, 2.05) is 18.2 Å². The SMILES string of the molecule is CC(C)(C)CNc1ccc(C(N)=S)cc1Br. The molecule has 0 aliphatic heterocycles. The number of anilines is 1. The second-order valence-electron chi connectivity index (χ2n) is 4.97. The number of rotatable bonds is 3. The predicted molar refractivity (Wildman–Crippen MR) is 78.0 cm³/mol. The summed E-state index contributed by atoms with van der Waals surface area (Å²) in [4.78, 5) is 0.420. The van der Waals surface area contributed by atoms with E-state index >= 15 is 0 Å². The number of nitrogens with one attached hydrogen (secondary N) is 1. The van der Waals surface area contributed by atoms with Gasteiger partial charge >= 0.3 is 0 Å². The number of hydrogen-bond acceptors (Lipinski definition) is 2. The van der Waals surface area contributed by atoms with Crippen molar-refractivity contribution in [2.75, 3.05) is 11.9 Å². The highest BCUT2D eigenvalue weighted by Crippen LogP contribution is 2.25. The van der Waals surface area contributed by atoms with Gasteiger partial charge in [0.2, 0.25) is 0 Å². The molecule has 1 aromatic carbocycles. The molecule has 0 amide bonds. The Hall–Kier alpha value is -0.610. The Balaban J connectivity index is 2.80. The fourth-order valence-electron chi connectivity index (χ4n) is 1.17. The lowest BCUT2D eigenvalue weighted by molar-refractivity contribution is 0.443. The lowest BCUT2D eigenvalue weighted by Gasteiger charge is -2.20. The van der Waals surface area contributed by atoms with Crippen LogP contribution in [0.5, 0.6) is 0 Å². The molecular weight excluding hydrogens is 284 g/mol. The third-order valence-electron chi connectivity index (χ3n) is 2.06. The van der Waals surface area contributed by atoms with Gasteiger partial charge in [-0.3, -0.25) is 0 Å². The average molecular weight is 301 g/mol. The first-order valence-corrected chi connectivity index (χ1v) is 6.33. The van der Waals surface area contributed by atoms with Gasteiger partial charge in [0.15, 0.2) is 0 Å². The summed E-state index contributed by atoms with van der Waals surface area (Å²) < 4.78 is 0.988. The van der Waals surface area contributed by atoms with Crippen LogP contribution in [0.15, 0.2) is 22.7 Å². The molecule has 0 radical (unpaired) electrons. The first-order valence-electron chi connectivity index (χ1n) is 5.13. The molecule has 0 fully saturated rings. The molecule has 16 heavy (non-hydrogen) atoms. The Morgan fingerprint density at radius 3 is 2.50 bits per heavy atom. The van der Waals surface area contributed by atoms with Crippen molar-refractivity contribution in [3.63, 3.8) is 0 Å². The monoisotopic (exact) mass is 300 g/mol. The van der Waals surface area contributed by atoms with Gasteiger partial charge in [0.1, 0.15) is 4.99 Å². The maximum atomic E-state index is 5.57. The Bertz CT molecular complexity index is 396. The van der Waals surface area contributed by atoms with Crippen LogP contribution in [0, 0.1) is 5.41 Å². The van der Waals surface area contributed by atoms with Crippen molar-refractivity contribution >= 4 is 38.8 Å². The van der Waals surface area contributed by atoms with Crippen LogP contribution in [0.2, 0.25) is 0 Å². The van der Waals surface area contributed by atoms with E-state index in [9.17, 15) is 0 Å². The molecule has 0 spiro atoms. The van der Waals surface area contributed by atoms with Gasteiger partial charge in [-0.05, 0) is 39.5 Å². The van der Waals surface area contributed by atoms with Gasteiger partial charge in [0.05, 0.1) is 0 Å². The largest absolute Gasteiger partial charge is 0.389 e. The molecule has 4 heteroatoms. The minimum atomic E-state index is 0.251. The van der Waals surface area contributed by atoms with Gasteiger partial charge < -0.3 is 11.1 Å². The maximum absolute atomic E-state index is 5.57. The highest BCUT2D eigenvalue weighted by molar-refractivity contribution is 9.10. The van der Waals surface area contributed by atoms with Gasteiger partial charge in [-0.2, -0.15) is 0 Å². The lowest BCUT2D eigenvalue weighted by atomic mass is 9.97. The number of hydrogen-bond donors (Lipinski definition) is 2. The van der Waals surface area contributed by atoms with Crippen LogP contribution in [-0.4, -0.2) is 11.5 Å². The van der Waals surface area contributed by atoms with E-state index < -0.39 is 0 Å². The van der Waals surface area contributed by atoms with Crippen LogP contribution in [0.25, 0.3) is 0 Å². The normalized spacial score (nSPS) is 11.2. The van der Waals surface area contributed by atoms with Crippen molar-refractivity contribution in [1.82, 2.24) is 0 Å². The molecule has 88 valence electrons. The highest BCUT2D eigenvalue weighted by Gasteiger charge is 2.10. The summed E-state index contributed by atoms with van der Waals surface area (Å²) >= 11 is 8.43. The summed E-state index contributed by atoms with van der Waals surface area (Å²) in [5.41, 5.74) is 7.76. The molecule has 1 rings (SSSR count). The number of halogens is 1. The van der Waals surface area contributed by atoms with Crippen molar-refractivity contribution in [1.29, 1.82) is 0 Å². The molecular formula is C12H17BrN2S. The lowest BCUT2D eigenvalue weighted by Crippen LogP contribution is -2.19. The summed E-state index contributed by atoms with van der Waals surface area (Å²) in [6.45, 7) is 7.49. The molecule has 3 N–H and O–H groups in total. The van der Waals surface area contributed by atoms with Crippen molar-refractivity contribution < 1.29 is 0 Å². The summed E-state index contributed by atoms with van der Waals surface area (Å²) in [5.74, 6) is 0. The summed E-state index contributed by atoms with van der Waals surface area (Å²) in [6.07, 6.45) is 0. The van der Waals surface area contributed by atoms with Gasteiger partial charge in [-0.1, -0.05) is 33.0 Å². The fraction of sp³-hybridized carbons (Fsp3) is 0.417. The zero-order valence-corrected chi connectivity index (χ0v) is 12.2. The summed E-state index contributed by atoms with van der Waals surface area (Å²) in [5, 5.41) is 3.39. The van der Waals surface area contributed by atoms with E-state index in [-0.39, 0.29) is 5.41 Å². The molecule has 1 aromatic rings. The van der Waals surface area contributed by atoms with Crippen molar-refractivity contribution in [2.45, 2.75) is 20.8 Å². The molecule has 0 aliphatic rings. The summed E-state index contributed by atoms with van der Waals surface area (Å²) in [7, 11) is 0. The van der Waals surface area contributed by atoms with Crippen LogP contribution < -0.4 is 11.1 Å². The maximum Gasteiger partial charge on any atom is 0.104 e. The van der Waals surface area contributed by atoms with Crippen LogP contribution >= 0.6 is 28.1 Å². The van der Waals surface area contributed by atoms with Crippen molar-refractivity contribution in [3.05, 3.63) is 28.2 Å². The molecule has 0 heterocycles. The van der Waals surface area contributed by atoms with E-state index in [0.29, 0.717) is 4.99 Å². The van der Waals surface area contributed by atoms with Gasteiger partial charge in [0.25, 0.3) is 0 Å². The van der Waals surface area contributed by atoms with E-state index in [0.717, 1.165) is 22.3 Å². The standard InChI is InChI=1S/C12H17BrN2S/c1-12(2,3)7-15-10-5-4-8(11(14)16)6-9(10)13/h4-6,15H,7H2,1-3H3,(H2,14,16). The minimum Gasteiger partial charge on any atom is -0.389 e. The third kappa shape index (κ3) is 4.10. The Kier molecular flexibility index (Phi) is 4.33. The molecule has 0 unspecified atom stereocenters. The van der Waals surface area contributed by atoms with E-state index in [2.05, 4.69) is 42.0 Å². The second-order valence-corrected chi connectivity index (χ2v) is 6.27. The zero-order chi connectivity index (χ0) is 12.3. The minimum absolute atomic E-state index is 0.251. The van der Waals surface area contributed by atoms with Gasteiger partial charge in [0, 0.05) is 22.3 Å². The van der Waals surface area contributed by atoms with E-state index in [1.165, 1.54) is 0 Å². The molecule has 0 saturated heterocycles. The number of thiocarbonyl (C=S) groups is 1. The summed E-state index contributed by atoms with van der Waals surface area (Å²) in [6, 6.07) is 5.86. The Morgan fingerprint density at radius 1 is 1.44 bits per heavy atom. The Labute approximate surface area is 111 Å². The zero-order valence-electron chi connectivity index (χ0n) is 9.80. The molecule has 0 aliphatic carbocycles. The Morgan fingerprint density at radius 2 is 2.06 bits per heavy atom. The second kappa shape index (κ2) is 5.15. The quantitative estimate of drug-likeness (QED) is 0.839. The van der Waals surface area contributed by atoms with Crippen LogP contribution in [0.3, 0.4) is 0 Å². The molecule has 2 nitrogen and oxygen atoms in total. The van der Waals surface area contributed by atoms with Crippen molar-refractivity contribution in [2.24, 2.45) is 11.1 Å². The molecule has 0 saturated carbocycles. The first kappa shape index (κ1) is 13.5. The highest BCUT2D eigenvalue weighted by atomic mass is 79.9. The van der Waals surface area contributed by atoms with E-state index in [1.54, 1.807) is 0 Å². The van der Waals surface area contributed by atoms with Crippen LogP contribution in [0.4, 0.5) is 5.69 Å². The van der Waals surface area contributed by atoms with E-state index in [4.69, 9.17) is 18.0 Å². The topological polar surface area (TPSA) is 38.0 Å². The van der Waals surface area contributed by atoms with Crippen LogP contribution in [0.1, 0.15) is 26.3 Å². The van der Waals surface area contributed by atoms with Gasteiger partial charge in [-0.25, -0.2) is 0 Å². The number of nitrogens with two attached hydrogens (primary N) is 1. The molecule has 0 atom stereocenters. The predicted octanol–water partition coefficient (Wildman–Crippen LogP) is 3.54. The smallest absolute Gasteiger partial charge is 0.104 e. The van der Waals surface area contributed by atoms with Crippen LogP contribution in [-0.2, 0) is 0 Å². The fourth-order valence-corrected chi connectivity index (χ4v) is 1.82. The number of benzene rings is 1. The average Bonchev–Trinajstić information content (AvgIpc) is 2.14. The van der Waals surface area contributed by atoms with Crippen molar-refractivity contribution in [3.8, 4) is 0 Å².